The van der Waals surface area contributed by atoms with Gasteiger partial charge in [0.2, 0.25) is 0 Å². The molecule has 0 fully saturated rings. The first kappa shape index (κ1) is 11.6. The van der Waals surface area contributed by atoms with Crippen LogP contribution in [0.3, 0.4) is 0 Å². The van der Waals surface area contributed by atoms with E-state index in [2.05, 4.69) is 11.4 Å². The SMILES string of the molecule is N#CCCCNc1ccc2c(c1)OCCCO2. The first-order valence-electron chi connectivity index (χ1n) is 5.90. The maximum absolute atomic E-state index is 8.44. The molecule has 90 valence electrons. The number of nitrogens with zero attached hydrogens (tertiary/aromatic N) is 1. The number of anilines is 1. The number of nitrogens with one attached hydrogen (secondary N) is 1. The molecule has 0 saturated carbocycles. The molecule has 0 atom stereocenters. The standard InChI is InChI=1S/C13H16N2O2/c14-6-1-2-7-15-11-4-5-12-13(10-11)17-9-3-8-16-12/h4-5,10,15H,1-3,7-9H2. The Bertz CT molecular complexity index is 412. The summed E-state index contributed by atoms with van der Waals surface area (Å²) in [5.74, 6) is 1.61. The molecule has 0 saturated heterocycles. The molecule has 0 radical (unpaired) electrons. The van der Waals surface area contributed by atoms with Crippen LogP contribution < -0.4 is 14.8 Å². The van der Waals surface area contributed by atoms with Crippen LogP contribution in [0.4, 0.5) is 5.69 Å². The van der Waals surface area contributed by atoms with Crippen LogP contribution in [0.25, 0.3) is 0 Å². The molecule has 1 heterocycles. The quantitative estimate of drug-likeness (QED) is 0.810. The predicted molar refractivity (Wildman–Crippen MR) is 65.4 cm³/mol. The van der Waals surface area contributed by atoms with Crippen molar-refractivity contribution in [2.45, 2.75) is 19.3 Å². The van der Waals surface area contributed by atoms with Gasteiger partial charge in [0.25, 0.3) is 0 Å². The Hall–Kier alpha value is -1.89. The fraction of sp³-hybridized carbons (Fsp3) is 0.462. The Morgan fingerprint density at radius 2 is 2.06 bits per heavy atom. The van der Waals surface area contributed by atoms with E-state index >= 15 is 0 Å². The van der Waals surface area contributed by atoms with Crippen LogP contribution in [-0.4, -0.2) is 19.8 Å². The summed E-state index contributed by atoms with van der Waals surface area (Å²) in [6.45, 7) is 2.21. The van der Waals surface area contributed by atoms with Crippen molar-refractivity contribution in [3.63, 3.8) is 0 Å². The van der Waals surface area contributed by atoms with Crippen LogP contribution in [0.5, 0.6) is 11.5 Å². The zero-order valence-corrected chi connectivity index (χ0v) is 9.74. The summed E-state index contributed by atoms with van der Waals surface area (Å²) in [6, 6.07) is 7.97. The highest BCUT2D eigenvalue weighted by Crippen LogP contribution is 2.32. The summed E-state index contributed by atoms with van der Waals surface area (Å²) in [5.41, 5.74) is 1.01. The van der Waals surface area contributed by atoms with E-state index in [1.54, 1.807) is 0 Å². The van der Waals surface area contributed by atoms with Gasteiger partial charge in [-0.15, -0.1) is 0 Å². The lowest BCUT2D eigenvalue weighted by Crippen LogP contribution is -2.01. The van der Waals surface area contributed by atoms with Crippen molar-refractivity contribution >= 4 is 5.69 Å². The number of rotatable bonds is 4. The lowest BCUT2D eigenvalue weighted by atomic mass is 10.2. The van der Waals surface area contributed by atoms with Crippen LogP contribution >= 0.6 is 0 Å². The van der Waals surface area contributed by atoms with Gasteiger partial charge >= 0.3 is 0 Å². The maximum atomic E-state index is 8.44. The minimum absolute atomic E-state index is 0.581. The second-order valence-corrected chi connectivity index (χ2v) is 3.90. The average Bonchev–Trinajstić information content (AvgIpc) is 2.59. The lowest BCUT2D eigenvalue weighted by molar-refractivity contribution is 0.297. The van der Waals surface area contributed by atoms with Crippen molar-refractivity contribution in [1.29, 1.82) is 5.26 Å². The number of hydrogen-bond donors (Lipinski definition) is 1. The molecule has 0 bridgehead atoms. The predicted octanol–water partition coefficient (Wildman–Crippen LogP) is 2.56. The Kier molecular flexibility index (Phi) is 4.09. The van der Waals surface area contributed by atoms with Crippen LogP contribution in [0, 0.1) is 11.3 Å². The fourth-order valence-corrected chi connectivity index (χ4v) is 1.67. The molecule has 0 spiro atoms. The minimum atomic E-state index is 0.581. The summed E-state index contributed by atoms with van der Waals surface area (Å²) < 4.78 is 11.1. The van der Waals surface area contributed by atoms with E-state index in [4.69, 9.17) is 14.7 Å². The Balaban J connectivity index is 1.95. The fourth-order valence-electron chi connectivity index (χ4n) is 1.67. The summed E-state index contributed by atoms with van der Waals surface area (Å²) in [7, 11) is 0. The molecule has 1 aliphatic rings. The molecule has 1 aromatic rings. The average molecular weight is 232 g/mol. The largest absolute Gasteiger partial charge is 0.490 e. The van der Waals surface area contributed by atoms with E-state index < -0.39 is 0 Å². The van der Waals surface area contributed by atoms with Gasteiger partial charge in [0.05, 0.1) is 19.3 Å². The maximum Gasteiger partial charge on any atom is 0.163 e. The van der Waals surface area contributed by atoms with E-state index in [9.17, 15) is 0 Å². The molecule has 1 aromatic carbocycles. The van der Waals surface area contributed by atoms with Crippen molar-refractivity contribution < 1.29 is 9.47 Å². The van der Waals surface area contributed by atoms with Crippen molar-refractivity contribution in [1.82, 2.24) is 0 Å². The Labute approximate surface area is 101 Å². The number of nitriles is 1. The molecule has 0 aliphatic carbocycles. The van der Waals surface area contributed by atoms with Crippen LogP contribution in [0.15, 0.2) is 18.2 Å². The van der Waals surface area contributed by atoms with Crippen LogP contribution in [0.2, 0.25) is 0 Å². The summed E-state index contributed by atoms with van der Waals surface area (Å²) in [5, 5.41) is 11.7. The zero-order valence-electron chi connectivity index (χ0n) is 9.74. The molecule has 2 rings (SSSR count). The first-order valence-corrected chi connectivity index (χ1v) is 5.90. The number of ether oxygens (including phenoxy) is 2. The van der Waals surface area contributed by atoms with E-state index in [0.29, 0.717) is 19.6 Å². The smallest absolute Gasteiger partial charge is 0.163 e. The molecular weight excluding hydrogens is 216 g/mol. The van der Waals surface area contributed by atoms with Gasteiger partial charge in [0, 0.05) is 31.1 Å². The normalized spacial score (nSPS) is 13.6. The second-order valence-electron chi connectivity index (χ2n) is 3.90. The monoisotopic (exact) mass is 232 g/mol. The first-order chi connectivity index (χ1) is 8.40. The number of unbranched alkanes of at least 4 members (excludes halogenated alkanes) is 1. The van der Waals surface area contributed by atoms with Gasteiger partial charge in [-0.05, 0) is 18.6 Å². The van der Waals surface area contributed by atoms with Gasteiger partial charge in [-0.25, -0.2) is 0 Å². The Morgan fingerprint density at radius 3 is 2.88 bits per heavy atom. The molecule has 4 nitrogen and oxygen atoms in total. The Morgan fingerprint density at radius 1 is 1.24 bits per heavy atom. The highest BCUT2D eigenvalue weighted by Gasteiger charge is 2.10. The van der Waals surface area contributed by atoms with Crippen LogP contribution in [-0.2, 0) is 0 Å². The van der Waals surface area contributed by atoms with Crippen molar-refractivity contribution in [2.75, 3.05) is 25.1 Å². The second kappa shape index (κ2) is 6.00. The highest BCUT2D eigenvalue weighted by atomic mass is 16.5. The van der Waals surface area contributed by atoms with E-state index in [1.807, 2.05) is 18.2 Å². The summed E-state index contributed by atoms with van der Waals surface area (Å²) >= 11 is 0. The molecule has 0 aromatic heterocycles. The molecule has 4 heteroatoms. The third-order valence-electron chi connectivity index (χ3n) is 2.54. The molecule has 0 amide bonds. The van der Waals surface area contributed by atoms with Gasteiger partial charge in [-0.3, -0.25) is 0 Å². The molecule has 0 unspecified atom stereocenters. The van der Waals surface area contributed by atoms with Crippen molar-refractivity contribution in [2.24, 2.45) is 0 Å². The zero-order chi connectivity index (χ0) is 11.9. The van der Waals surface area contributed by atoms with E-state index in [-0.39, 0.29) is 0 Å². The van der Waals surface area contributed by atoms with E-state index in [1.165, 1.54) is 0 Å². The van der Waals surface area contributed by atoms with Crippen LogP contribution in [0.1, 0.15) is 19.3 Å². The molecular formula is C13H16N2O2. The van der Waals surface area contributed by atoms with Crippen molar-refractivity contribution in [3.8, 4) is 17.6 Å². The summed E-state index contributed by atoms with van der Waals surface area (Å²) in [4.78, 5) is 0. The number of hydrogen-bond acceptors (Lipinski definition) is 4. The van der Waals surface area contributed by atoms with Gasteiger partial charge in [0.1, 0.15) is 0 Å². The van der Waals surface area contributed by atoms with Gasteiger partial charge < -0.3 is 14.8 Å². The third-order valence-corrected chi connectivity index (χ3v) is 2.54. The van der Waals surface area contributed by atoms with Gasteiger partial charge in [-0.2, -0.15) is 5.26 Å². The van der Waals surface area contributed by atoms with Gasteiger partial charge in [-0.1, -0.05) is 0 Å². The number of benzene rings is 1. The summed E-state index contributed by atoms with van der Waals surface area (Å²) in [6.07, 6.45) is 2.35. The molecule has 17 heavy (non-hydrogen) atoms. The van der Waals surface area contributed by atoms with E-state index in [0.717, 1.165) is 36.6 Å². The molecule has 1 aliphatic heterocycles. The lowest BCUT2D eigenvalue weighted by Gasteiger charge is -2.10. The topological polar surface area (TPSA) is 54.3 Å². The molecule has 1 N–H and O–H groups in total. The van der Waals surface area contributed by atoms with Gasteiger partial charge in [0.15, 0.2) is 11.5 Å². The minimum Gasteiger partial charge on any atom is -0.490 e. The third kappa shape index (κ3) is 3.28. The number of fused-ring (bicyclic) bond motifs is 1. The van der Waals surface area contributed by atoms with Crippen molar-refractivity contribution in [3.05, 3.63) is 18.2 Å². The highest BCUT2D eigenvalue weighted by molar-refractivity contribution is 5.54.